The Morgan fingerprint density at radius 3 is 3.11 bits per heavy atom. The molecule has 0 spiro atoms. The summed E-state index contributed by atoms with van der Waals surface area (Å²) >= 11 is 0. The second-order valence-electron chi connectivity index (χ2n) is 6.60. The SMILES string of the molecule is CCOc1ccc2c(c1)ncn2-c1cncc(NC2CNC(COC)C2)n1. The average Bonchev–Trinajstić information content (AvgIpc) is 3.29. The molecule has 1 saturated heterocycles. The number of nitrogens with one attached hydrogen (secondary N) is 2. The average molecular weight is 368 g/mol. The summed E-state index contributed by atoms with van der Waals surface area (Å²) in [5.41, 5.74) is 1.83. The maximum atomic E-state index is 5.55. The lowest BCUT2D eigenvalue weighted by molar-refractivity contribution is 0.173. The molecule has 2 N–H and O–H groups in total. The van der Waals surface area contributed by atoms with Gasteiger partial charge in [-0.2, -0.15) is 0 Å². The smallest absolute Gasteiger partial charge is 0.159 e. The van der Waals surface area contributed by atoms with Crippen molar-refractivity contribution in [2.75, 3.05) is 32.2 Å². The molecule has 0 radical (unpaired) electrons. The summed E-state index contributed by atoms with van der Waals surface area (Å²) in [6.45, 7) is 4.20. The molecule has 2 atom stereocenters. The van der Waals surface area contributed by atoms with Gasteiger partial charge in [0.25, 0.3) is 0 Å². The number of benzene rings is 1. The van der Waals surface area contributed by atoms with Gasteiger partial charge in [-0.05, 0) is 25.5 Å². The summed E-state index contributed by atoms with van der Waals surface area (Å²) in [5, 5.41) is 6.91. The van der Waals surface area contributed by atoms with Crippen LogP contribution in [0.2, 0.25) is 0 Å². The van der Waals surface area contributed by atoms with E-state index in [0.717, 1.165) is 41.4 Å². The van der Waals surface area contributed by atoms with E-state index in [4.69, 9.17) is 14.5 Å². The van der Waals surface area contributed by atoms with Crippen LogP contribution >= 0.6 is 0 Å². The molecule has 27 heavy (non-hydrogen) atoms. The van der Waals surface area contributed by atoms with Crippen LogP contribution in [0.15, 0.2) is 36.9 Å². The zero-order valence-corrected chi connectivity index (χ0v) is 15.6. The topological polar surface area (TPSA) is 86.1 Å². The maximum absolute atomic E-state index is 5.55. The molecule has 4 rings (SSSR count). The molecular formula is C19H24N6O2. The fraction of sp³-hybridized carbons (Fsp3) is 0.421. The van der Waals surface area contributed by atoms with E-state index in [-0.39, 0.29) is 0 Å². The first kappa shape index (κ1) is 17.7. The Kier molecular flexibility index (Phi) is 5.17. The lowest BCUT2D eigenvalue weighted by Gasteiger charge is -2.13. The van der Waals surface area contributed by atoms with Crippen LogP contribution in [0.5, 0.6) is 5.75 Å². The van der Waals surface area contributed by atoms with Crippen molar-refractivity contribution >= 4 is 16.9 Å². The molecule has 142 valence electrons. The molecule has 1 aromatic carbocycles. The van der Waals surface area contributed by atoms with Gasteiger partial charge in [-0.3, -0.25) is 9.55 Å². The zero-order valence-electron chi connectivity index (χ0n) is 15.6. The third-order valence-corrected chi connectivity index (χ3v) is 4.64. The van der Waals surface area contributed by atoms with Gasteiger partial charge in [0.15, 0.2) is 5.82 Å². The predicted octanol–water partition coefficient (Wildman–Crippen LogP) is 2.00. The quantitative estimate of drug-likeness (QED) is 0.660. The van der Waals surface area contributed by atoms with Gasteiger partial charge in [0.1, 0.15) is 17.9 Å². The predicted molar refractivity (Wildman–Crippen MR) is 104 cm³/mol. The monoisotopic (exact) mass is 368 g/mol. The molecule has 1 aliphatic rings. The summed E-state index contributed by atoms with van der Waals surface area (Å²) in [6.07, 6.45) is 6.25. The third-order valence-electron chi connectivity index (χ3n) is 4.64. The van der Waals surface area contributed by atoms with E-state index in [0.29, 0.717) is 25.3 Å². The largest absolute Gasteiger partial charge is 0.494 e. The standard InChI is InChI=1S/C19H24N6O2/c1-3-27-15-4-5-17-16(7-15)22-12-25(17)19-10-20-9-18(24-19)23-13-6-14(11-26-2)21-8-13/h4-5,7,9-10,12-14,21H,3,6,8,11H2,1-2H3,(H,23,24). The molecule has 0 amide bonds. The lowest BCUT2D eigenvalue weighted by Crippen LogP contribution is -2.26. The van der Waals surface area contributed by atoms with E-state index in [2.05, 4.69) is 20.6 Å². The van der Waals surface area contributed by atoms with Gasteiger partial charge in [0.2, 0.25) is 0 Å². The molecule has 8 nitrogen and oxygen atoms in total. The summed E-state index contributed by atoms with van der Waals surface area (Å²) < 4.78 is 12.7. The van der Waals surface area contributed by atoms with E-state index in [1.54, 1.807) is 25.8 Å². The number of rotatable bonds is 7. The van der Waals surface area contributed by atoms with Gasteiger partial charge >= 0.3 is 0 Å². The van der Waals surface area contributed by atoms with Crippen LogP contribution in [-0.2, 0) is 4.74 Å². The maximum Gasteiger partial charge on any atom is 0.159 e. The molecule has 3 aromatic rings. The number of aromatic nitrogens is 4. The molecule has 0 saturated carbocycles. The normalized spacial score (nSPS) is 19.5. The van der Waals surface area contributed by atoms with Gasteiger partial charge in [-0.25, -0.2) is 9.97 Å². The van der Waals surface area contributed by atoms with Crippen molar-refractivity contribution in [1.82, 2.24) is 24.8 Å². The molecule has 1 fully saturated rings. The van der Waals surface area contributed by atoms with Gasteiger partial charge < -0.3 is 20.1 Å². The highest BCUT2D eigenvalue weighted by Crippen LogP contribution is 2.22. The number of nitrogens with zero attached hydrogens (tertiary/aromatic N) is 4. The van der Waals surface area contributed by atoms with Crippen molar-refractivity contribution in [3.63, 3.8) is 0 Å². The zero-order chi connectivity index (χ0) is 18.6. The summed E-state index contributed by atoms with van der Waals surface area (Å²) in [7, 11) is 1.73. The Labute approximate surface area is 157 Å². The second-order valence-corrected chi connectivity index (χ2v) is 6.60. The number of ether oxygens (including phenoxy) is 2. The Hall–Kier alpha value is -2.71. The highest BCUT2D eigenvalue weighted by molar-refractivity contribution is 5.78. The molecule has 2 aromatic heterocycles. The number of anilines is 1. The summed E-state index contributed by atoms with van der Waals surface area (Å²) in [4.78, 5) is 13.5. The molecule has 0 aliphatic carbocycles. The number of methoxy groups -OCH3 is 1. The molecule has 3 heterocycles. The Bertz CT molecular complexity index is 912. The third kappa shape index (κ3) is 3.86. The number of imidazole rings is 1. The first-order valence-corrected chi connectivity index (χ1v) is 9.18. The fourth-order valence-electron chi connectivity index (χ4n) is 3.44. The van der Waals surface area contributed by atoms with Gasteiger partial charge in [-0.1, -0.05) is 0 Å². The van der Waals surface area contributed by atoms with Crippen molar-refractivity contribution in [3.8, 4) is 11.6 Å². The van der Waals surface area contributed by atoms with Crippen LogP contribution in [0.3, 0.4) is 0 Å². The van der Waals surface area contributed by atoms with Crippen LogP contribution in [0.1, 0.15) is 13.3 Å². The minimum absolute atomic E-state index is 0.308. The van der Waals surface area contributed by atoms with Gasteiger partial charge in [0.05, 0.1) is 36.6 Å². The van der Waals surface area contributed by atoms with Gasteiger partial charge in [-0.15, -0.1) is 0 Å². The van der Waals surface area contributed by atoms with E-state index in [1.165, 1.54) is 0 Å². The first-order valence-electron chi connectivity index (χ1n) is 9.18. The molecular weight excluding hydrogens is 344 g/mol. The Morgan fingerprint density at radius 1 is 1.33 bits per heavy atom. The minimum atomic E-state index is 0.308. The van der Waals surface area contributed by atoms with Crippen molar-refractivity contribution in [2.24, 2.45) is 0 Å². The van der Waals surface area contributed by atoms with Gasteiger partial charge in [0, 0.05) is 31.8 Å². The molecule has 1 aliphatic heterocycles. The number of hydrogen-bond donors (Lipinski definition) is 2. The van der Waals surface area contributed by atoms with Crippen LogP contribution < -0.4 is 15.4 Å². The Morgan fingerprint density at radius 2 is 2.26 bits per heavy atom. The number of fused-ring (bicyclic) bond motifs is 1. The first-order chi connectivity index (χ1) is 13.3. The molecule has 2 unspecified atom stereocenters. The summed E-state index contributed by atoms with van der Waals surface area (Å²) in [6, 6.07) is 6.56. The molecule has 8 heteroatoms. The summed E-state index contributed by atoms with van der Waals surface area (Å²) in [5.74, 6) is 2.30. The van der Waals surface area contributed by atoms with E-state index in [9.17, 15) is 0 Å². The van der Waals surface area contributed by atoms with Crippen molar-refractivity contribution < 1.29 is 9.47 Å². The van der Waals surface area contributed by atoms with Crippen LogP contribution in [0.25, 0.3) is 16.9 Å². The second kappa shape index (κ2) is 7.89. The van der Waals surface area contributed by atoms with Crippen molar-refractivity contribution in [2.45, 2.75) is 25.4 Å². The van der Waals surface area contributed by atoms with E-state index in [1.807, 2.05) is 29.7 Å². The highest BCUT2D eigenvalue weighted by Gasteiger charge is 2.24. The van der Waals surface area contributed by atoms with Crippen molar-refractivity contribution in [3.05, 3.63) is 36.9 Å². The Balaban J connectivity index is 1.53. The molecule has 0 bridgehead atoms. The fourth-order valence-corrected chi connectivity index (χ4v) is 3.44. The van der Waals surface area contributed by atoms with Crippen molar-refractivity contribution in [1.29, 1.82) is 0 Å². The van der Waals surface area contributed by atoms with E-state index < -0.39 is 0 Å². The van der Waals surface area contributed by atoms with Crippen LogP contribution in [-0.4, -0.2) is 58.5 Å². The highest BCUT2D eigenvalue weighted by atomic mass is 16.5. The number of hydrogen-bond acceptors (Lipinski definition) is 7. The van der Waals surface area contributed by atoms with E-state index >= 15 is 0 Å². The van der Waals surface area contributed by atoms with Crippen LogP contribution in [0.4, 0.5) is 5.82 Å². The minimum Gasteiger partial charge on any atom is -0.494 e. The lowest BCUT2D eigenvalue weighted by atomic mass is 10.2. The van der Waals surface area contributed by atoms with Crippen LogP contribution in [0, 0.1) is 0 Å².